The molecule has 0 aliphatic carbocycles. The van der Waals surface area contributed by atoms with Crippen molar-refractivity contribution in [1.82, 2.24) is 0 Å². The van der Waals surface area contributed by atoms with E-state index in [1.807, 2.05) is 0 Å². The van der Waals surface area contributed by atoms with E-state index in [0.717, 1.165) is 12.1 Å². The Morgan fingerprint density at radius 3 is 2.11 bits per heavy atom. The van der Waals surface area contributed by atoms with E-state index in [9.17, 15) is 17.6 Å². The Morgan fingerprint density at radius 1 is 1.22 bits per heavy atom. The van der Waals surface area contributed by atoms with Crippen molar-refractivity contribution in [1.29, 1.82) is 0 Å². The third kappa shape index (κ3) is 4.19. The number of ether oxygens (including phenoxy) is 1. The summed E-state index contributed by atoms with van der Waals surface area (Å²) in [6, 6.07) is 4.66. The van der Waals surface area contributed by atoms with Crippen LogP contribution in [-0.4, -0.2) is 12.5 Å². The molecule has 0 bridgehead atoms. The van der Waals surface area contributed by atoms with Crippen molar-refractivity contribution in [3.8, 4) is 5.75 Å². The molecule has 7 heteroatoms. The van der Waals surface area contributed by atoms with Gasteiger partial charge in [0, 0.05) is 6.04 Å². The number of hydrogen-bond donors (Lipinski definition) is 1. The molecule has 0 aliphatic rings. The van der Waals surface area contributed by atoms with Gasteiger partial charge in [0.25, 0.3) is 0 Å². The van der Waals surface area contributed by atoms with Gasteiger partial charge in [-0.1, -0.05) is 18.2 Å². The summed E-state index contributed by atoms with van der Waals surface area (Å²) in [4.78, 5) is 0. The predicted molar refractivity (Wildman–Crippen MR) is 62.4 cm³/mol. The smallest absolute Gasteiger partial charge is 0.428 e. The molecule has 0 aromatic heterocycles. The first-order valence-electron chi connectivity index (χ1n) is 4.70. The molecular weight excluding hydrogens is 274 g/mol. The van der Waals surface area contributed by atoms with Gasteiger partial charge < -0.3 is 10.5 Å². The van der Waals surface area contributed by atoms with E-state index in [1.54, 1.807) is 0 Å². The summed E-state index contributed by atoms with van der Waals surface area (Å²) < 4.78 is 52.7. The second kappa shape index (κ2) is 6.61. The monoisotopic (exact) mass is 285 g/mol. The van der Waals surface area contributed by atoms with Gasteiger partial charge in [0.2, 0.25) is 0 Å². The van der Waals surface area contributed by atoms with Gasteiger partial charge in [0.05, 0.1) is 0 Å². The maximum Gasteiger partial charge on any atom is 0.461 e. The van der Waals surface area contributed by atoms with Crippen molar-refractivity contribution >= 4 is 12.4 Å². The molecule has 1 rings (SSSR count). The van der Waals surface area contributed by atoms with Crippen molar-refractivity contribution in [3.05, 3.63) is 42.5 Å². The third-order valence-electron chi connectivity index (χ3n) is 2.03. The number of nitrogens with two attached hydrogens (primary N) is 1. The molecule has 2 nitrogen and oxygen atoms in total. The van der Waals surface area contributed by atoms with Crippen molar-refractivity contribution in [2.24, 2.45) is 5.73 Å². The van der Waals surface area contributed by atoms with E-state index in [2.05, 4.69) is 11.3 Å². The van der Waals surface area contributed by atoms with Crippen LogP contribution in [0.3, 0.4) is 0 Å². The number of rotatable bonds is 5. The highest BCUT2D eigenvalue weighted by molar-refractivity contribution is 5.85. The standard InChI is InChI=1S/C11H11F4NO.ClH/c1-2-9(16)7-3-5-8(6-4-7)17-11(14,15)10(12)13;/h2-6,9-10H,1,16H2;1H/t9-;/m0./s1. The topological polar surface area (TPSA) is 35.2 Å². The lowest BCUT2D eigenvalue weighted by Crippen LogP contribution is -2.33. The van der Waals surface area contributed by atoms with Crippen LogP contribution in [0.4, 0.5) is 17.6 Å². The number of hydrogen-bond acceptors (Lipinski definition) is 2. The van der Waals surface area contributed by atoms with E-state index >= 15 is 0 Å². The molecular formula is C11H12ClF4NO. The van der Waals surface area contributed by atoms with Crippen LogP contribution in [0.5, 0.6) is 5.75 Å². The first kappa shape index (κ1) is 16.7. The van der Waals surface area contributed by atoms with Gasteiger partial charge in [0.1, 0.15) is 5.75 Å². The Hall–Kier alpha value is -1.27. The van der Waals surface area contributed by atoms with Crippen LogP contribution in [0.1, 0.15) is 11.6 Å². The molecule has 18 heavy (non-hydrogen) atoms. The van der Waals surface area contributed by atoms with Gasteiger partial charge in [-0.3, -0.25) is 0 Å². The second-order valence-electron chi connectivity index (χ2n) is 3.30. The van der Waals surface area contributed by atoms with E-state index in [-0.39, 0.29) is 18.2 Å². The Labute approximate surface area is 108 Å². The Bertz CT molecular complexity index is 383. The van der Waals surface area contributed by atoms with Crippen molar-refractivity contribution in [2.75, 3.05) is 0 Å². The van der Waals surface area contributed by atoms with E-state index in [4.69, 9.17) is 5.73 Å². The van der Waals surface area contributed by atoms with Crippen LogP contribution >= 0.6 is 12.4 Å². The molecule has 0 fully saturated rings. The molecule has 1 aromatic carbocycles. The predicted octanol–water partition coefficient (Wildman–Crippen LogP) is 3.53. The molecule has 0 spiro atoms. The summed E-state index contributed by atoms with van der Waals surface area (Å²) in [5.74, 6) is -0.352. The number of benzene rings is 1. The molecule has 0 saturated heterocycles. The van der Waals surface area contributed by atoms with Gasteiger partial charge in [-0.25, -0.2) is 0 Å². The zero-order valence-corrected chi connectivity index (χ0v) is 9.97. The minimum atomic E-state index is -4.50. The molecule has 102 valence electrons. The molecule has 0 amide bonds. The van der Waals surface area contributed by atoms with Crippen molar-refractivity contribution in [3.63, 3.8) is 0 Å². The fourth-order valence-electron chi connectivity index (χ4n) is 1.10. The average Bonchev–Trinajstić information content (AvgIpc) is 2.28. The van der Waals surface area contributed by atoms with Crippen LogP contribution in [0.2, 0.25) is 0 Å². The molecule has 0 aliphatic heterocycles. The average molecular weight is 286 g/mol. The molecule has 0 radical (unpaired) electrons. The summed E-state index contributed by atoms with van der Waals surface area (Å²) in [5.41, 5.74) is 6.21. The van der Waals surface area contributed by atoms with Gasteiger partial charge in [0.15, 0.2) is 0 Å². The molecule has 2 N–H and O–H groups in total. The van der Waals surface area contributed by atoms with Gasteiger partial charge in [-0.2, -0.15) is 17.6 Å². The largest absolute Gasteiger partial charge is 0.461 e. The summed E-state index contributed by atoms with van der Waals surface area (Å²) in [6.45, 7) is 3.47. The maximum absolute atomic E-state index is 12.5. The Balaban J connectivity index is 0.00000289. The van der Waals surface area contributed by atoms with Crippen LogP contribution in [0.25, 0.3) is 0 Å². The number of alkyl halides is 4. The van der Waals surface area contributed by atoms with Crippen molar-refractivity contribution < 1.29 is 22.3 Å². The van der Waals surface area contributed by atoms with Crippen LogP contribution < -0.4 is 10.5 Å². The maximum atomic E-state index is 12.5. The SMILES string of the molecule is C=C[C@H](N)c1ccc(OC(F)(F)C(F)F)cc1.Cl. The quantitative estimate of drug-likeness (QED) is 0.663. The summed E-state index contributed by atoms with van der Waals surface area (Å²) in [6.07, 6.45) is -6.91. The first-order valence-corrected chi connectivity index (χ1v) is 4.70. The normalized spacial score (nSPS) is 12.8. The van der Waals surface area contributed by atoms with E-state index < -0.39 is 18.6 Å². The van der Waals surface area contributed by atoms with Gasteiger partial charge >= 0.3 is 12.5 Å². The van der Waals surface area contributed by atoms with E-state index in [0.29, 0.717) is 5.56 Å². The van der Waals surface area contributed by atoms with Crippen molar-refractivity contribution in [2.45, 2.75) is 18.6 Å². The molecule has 0 unspecified atom stereocenters. The van der Waals surface area contributed by atoms with Gasteiger partial charge in [-0.15, -0.1) is 19.0 Å². The Morgan fingerprint density at radius 2 is 1.72 bits per heavy atom. The second-order valence-corrected chi connectivity index (χ2v) is 3.30. The highest BCUT2D eigenvalue weighted by Gasteiger charge is 2.43. The van der Waals surface area contributed by atoms with Crippen LogP contribution in [0.15, 0.2) is 36.9 Å². The van der Waals surface area contributed by atoms with E-state index in [1.165, 1.54) is 18.2 Å². The molecule has 0 saturated carbocycles. The van der Waals surface area contributed by atoms with Crippen LogP contribution in [-0.2, 0) is 0 Å². The fraction of sp³-hybridized carbons (Fsp3) is 0.273. The zero-order valence-electron chi connectivity index (χ0n) is 9.15. The molecule has 1 atom stereocenters. The Kier molecular flexibility index (Phi) is 6.14. The lowest BCUT2D eigenvalue weighted by atomic mass is 10.1. The minimum Gasteiger partial charge on any atom is -0.428 e. The van der Waals surface area contributed by atoms with Gasteiger partial charge in [-0.05, 0) is 17.7 Å². The lowest BCUT2D eigenvalue weighted by molar-refractivity contribution is -0.253. The first-order chi connectivity index (χ1) is 7.86. The van der Waals surface area contributed by atoms with Crippen LogP contribution in [0, 0.1) is 0 Å². The molecule has 1 aromatic rings. The molecule has 0 heterocycles. The summed E-state index contributed by atoms with van der Waals surface area (Å²) in [5, 5.41) is 0. The summed E-state index contributed by atoms with van der Waals surface area (Å²) in [7, 11) is 0. The fourth-order valence-corrected chi connectivity index (χ4v) is 1.10. The zero-order chi connectivity index (χ0) is 13.1. The summed E-state index contributed by atoms with van der Waals surface area (Å²) >= 11 is 0. The lowest BCUT2D eigenvalue weighted by Gasteiger charge is -2.17. The third-order valence-corrected chi connectivity index (χ3v) is 2.03. The highest BCUT2D eigenvalue weighted by Crippen LogP contribution is 2.28. The highest BCUT2D eigenvalue weighted by atomic mass is 35.5. The minimum absolute atomic E-state index is 0. The number of halogens is 5.